The zero-order valence-corrected chi connectivity index (χ0v) is 12.2. The van der Waals surface area contributed by atoms with Crippen molar-refractivity contribution in [3.05, 3.63) is 71.8 Å². The van der Waals surface area contributed by atoms with Crippen molar-refractivity contribution < 1.29 is 0 Å². The fraction of sp³-hybridized carbons (Fsp3) is 0.294. The lowest BCUT2D eigenvalue weighted by Crippen LogP contribution is -2.43. The topological polar surface area (TPSA) is 27.3 Å². The summed E-state index contributed by atoms with van der Waals surface area (Å²) in [6.07, 6.45) is 0.149. The van der Waals surface area contributed by atoms with Gasteiger partial charge in [0.05, 0.1) is 6.17 Å². The average molecular weight is 269 g/mol. The molecule has 2 aromatic rings. The average Bonchev–Trinajstić information content (AvgIpc) is 2.50. The zero-order chi connectivity index (χ0) is 14.2. The van der Waals surface area contributed by atoms with E-state index in [0.717, 1.165) is 13.1 Å². The lowest BCUT2D eigenvalue weighted by molar-refractivity contribution is 0.138. The first kappa shape index (κ1) is 14.7. The molecule has 0 radical (unpaired) electrons. The first-order valence-electron chi connectivity index (χ1n) is 7.10. The minimum Gasteiger partial charge on any atom is -0.293 e. The molecule has 0 spiro atoms. The number of hydrogen-bond acceptors (Lipinski definition) is 3. The number of benzene rings is 2. The van der Waals surface area contributed by atoms with Gasteiger partial charge in [-0.1, -0.05) is 67.6 Å². The van der Waals surface area contributed by atoms with Crippen LogP contribution in [0.4, 0.5) is 0 Å². The molecule has 0 aliphatic heterocycles. The standard InChI is InChI=1S/C17H23N3/c1-3-19-20(2)17(16-12-8-5-9-13-16)18-14-15-10-6-4-7-11-15/h4-13,17-19H,3,14H2,1-2H3. The second-order valence-corrected chi connectivity index (χ2v) is 4.80. The van der Waals surface area contributed by atoms with Gasteiger partial charge < -0.3 is 0 Å². The minimum atomic E-state index is 0.149. The van der Waals surface area contributed by atoms with Gasteiger partial charge in [0.2, 0.25) is 0 Å². The molecule has 0 amide bonds. The van der Waals surface area contributed by atoms with Crippen molar-refractivity contribution in [2.24, 2.45) is 0 Å². The molecule has 3 nitrogen and oxygen atoms in total. The summed E-state index contributed by atoms with van der Waals surface area (Å²) in [5, 5.41) is 5.72. The van der Waals surface area contributed by atoms with Gasteiger partial charge in [-0.25, -0.2) is 5.01 Å². The SMILES string of the molecule is CCNN(C)C(NCc1ccccc1)c1ccccc1. The van der Waals surface area contributed by atoms with E-state index in [1.807, 2.05) is 12.1 Å². The van der Waals surface area contributed by atoms with Gasteiger partial charge >= 0.3 is 0 Å². The van der Waals surface area contributed by atoms with Gasteiger partial charge in [0, 0.05) is 20.1 Å². The zero-order valence-electron chi connectivity index (χ0n) is 12.2. The molecule has 0 bridgehead atoms. The molecule has 20 heavy (non-hydrogen) atoms. The maximum atomic E-state index is 3.60. The fourth-order valence-corrected chi connectivity index (χ4v) is 2.26. The van der Waals surface area contributed by atoms with Crippen LogP contribution in [0, 0.1) is 0 Å². The van der Waals surface area contributed by atoms with E-state index >= 15 is 0 Å². The summed E-state index contributed by atoms with van der Waals surface area (Å²) in [7, 11) is 2.07. The Bertz CT molecular complexity index is 484. The molecular formula is C17H23N3. The maximum absolute atomic E-state index is 3.60. The van der Waals surface area contributed by atoms with Crippen LogP contribution in [0.5, 0.6) is 0 Å². The lowest BCUT2D eigenvalue weighted by Gasteiger charge is -2.29. The number of hydrogen-bond donors (Lipinski definition) is 2. The first-order chi connectivity index (χ1) is 9.81. The number of hydrazine groups is 1. The smallest absolute Gasteiger partial charge is 0.0991 e. The Morgan fingerprint density at radius 1 is 0.950 bits per heavy atom. The van der Waals surface area contributed by atoms with E-state index < -0.39 is 0 Å². The van der Waals surface area contributed by atoms with Gasteiger partial charge in [0.25, 0.3) is 0 Å². The Hall–Kier alpha value is -1.68. The van der Waals surface area contributed by atoms with Crippen molar-refractivity contribution in [2.75, 3.05) is 13.6 Å². The van der Waals surface area contributed by atoms with Gasteiger partial charge in [-0.15, -0.1) is 0 Å². The molecule has 0 heterocycles. The lowest BCUT2D eigenvalue weighted by atomic mass is 10.1. The van der Waals surface area contributed by atoms with Crippen molar-refractivity contribution in [3.8, 4) is 0 Å². The monoisotopic (exact) mass is 269 g/mol. The number of nitrogens with zero attached hydrogens (tertiary/aromatic N) is 1. The third-order valence-corrected chi connectivity index (χ3v) is 3.25. The highest BCUT2D eigenvalue weighted by Gasteiger charge is 2.15. The van der Waals surface area contributed by atoms with Crippen LogP contribution < -0.4 is 10.7 Å². The Labute approximate surface area is 121 Å². The summed E-state index contributed by atoms with van der Waals surface area (Å²) in [5.41, 5.74) is 5.90. The summed E-state index contributed by atoms with van der Waals surface area (Å²) in [6.45, 7) is 3.86. The molecule has 1 unspecified atom stereocenters. The molecule has 0 saturated carbocycles. The van der Waals surface area contributed by atoms with Crippen LogP contribution in [0.1, 0.15) is 24.2 Å². The van der Waals surface area contributed by atoms with E-state index in [4.69, 9.17) is 0 Å². The molecule has 0 aliphatic rings. The Kier molecular flexibility index (Phi) is 5.74. The van der Waals surface area contributed by atoms with Crippen molar-refractivity contribution in [1.29, 1.82) is 0 Å². The summed E-state index contributed by atoms with van der Waals surface area (Å²) in [4.78, 5) is 0. The van der Waals surface area contributed by atoms with Gasteiger partial charge in [-0.05, 0) is 11.1 Å². The first-order valence-corrected chi connectivity index (χ1v) is 7.10. The second kappa shape index (κ2) is 7.80. The van der Waals surface area contributed by atoms with Crippen LogP contribution in [-0.2, 0) is 6.54 Å². The van der Waals surface area contributed by atoms with Gasteiger partial charge in [0.1, 0.15) is 0 Å². The van der Waals surface area contributed by atoms with Crippen molar-refractivity contribution in [3.63, 3.8) is 0 Å². The maximum Gasteiger partial charge on any atom is 0.0991 e. The van der Waals surface area contributed by atoms with E-state index in [2.05, 4.69) is 78.3 Å². The van der Waals surface area contributed by atoms with E-state index in [1.54, 1.807) is 0 Å². The van der Waals surface area contributed by atoms with E-state index in [1.165, 1.54) is 11.1 Å². The fourth-order valence-electron chi connectivity index (χ4n) is 2.26. The summed E-state index contributed by atoms with van der Waals surface area (Å²) < 4.78 is 0. The molecule has 0 aromatic heterocycles. The van der Waals surface area contributed by atoms with E-state index in [9.17, 15) is 0 Å². The summed E-state index contributed by atoms with van der Waals surface area (Å²) in [6, 6.07) is 21.0. The predicted molar refractivity (Wildman–Crippen MR) is 83.9 cm³/mol. The van der Waals surface area contributed by atoms with Crippen LogP contribution in [0.25, 0.3) is 0 Å². The highest BCUT2D eigenvalue weighted by atomic mass is 15.5. The predicted octanol–water partition coefficient (Wildman–Crippen LogP) is 2.93. The van der Waals surface area contributed by atoms with Crippen molar-refractivity contribution in [1.82, 2.24) is 15.8 Å². The van der Waals surface area contributed by atoms with Crippen LogP contribution in [0.3, 0.4) is 0 Å². The normalized spacial score (nSPS) is 12.6. The Balaban J connectivity index is 2.07. The summed E-state index contributed by atoms with van der Waals surface area (Å²) in [5.74, 6) is 0. The second-order valence-electron chi connectivity index (χ2n) is 4.80. The summed E-state index contributed by atoms with van der Waals surface area (Å²) >= 11 is 0. The van der Waals surface area contributed by atoms with Crippen LogP contribution >= 0.6 is 0 Å². The van der Waals surface area contributed by atoms with Gasteiger partial charge in [-0.3, -0.25) is 10.7 Å². The highest BCUT2D eigenvalue weighted by molar-refractivity contribution is 5.19. The van der Waals surface area contributed by atoms with Crippen molar-refractivity contribution >= 4 is 0 Å². The van der Waals surface area contributed by atoms with E-state index in [-0.39, 0.29) is 6.17 Å². The minimum absolute atomic E-state index is 0.149. The number of rotatable bonds is 7. The molecule has 3 heteroatoms. The van der Waals surface area contributed by atoms with Crippen molar-refractivity contribution in [2.45, 2.75) is 19.6 Å². The largest absolute Gasteiger partial charge is 0.293 e. The molecule has 106 valence electrons. The van der Waals surface area contributed by atoms with E-state index in [0.29, 0.717) is 0 Å². The Morgan fingerprint density at radius 2 is 1.55 bits per heavy atom. The third kappa shape index (κ3) is 4.17. The number of nitrogens with one attached hydrogen (secondary N) is 2. The molecule has 2 aromatic carbocycles. The highest BCUT2D eigenvalue weighted by Crippen LogP contribution is 2.15. The Morgan fingerprint density at radius 3 is 2.15 bits per heavy atom. The molecule has 1 atom stereocenters. The van der Waals surface area contributed by atoms with Crippen LogP contribution in [0.15, 0.2) is 60.7 Å². The van der Waals surface area contributed by atoms with Gasteiger partial charge in [-0.2, -0.15) is 0 Å². The quantitative estimate of drug-likeness (QED) is 0.598. The third-order valence-electron chi connectivity index (χ3n) is 3.25. The molecular weight excluding hydrogens is 246 g/mol. The molecule has 0 aliphatic carbocycles. The van der Waals surface area contributed by atoms with Crippen LogP contribution in [-0.4, -0.2) is 18.6 Å². The van der Waals surface area contributed by atoms with Gasteiger partial charge in [0.15, 0.2) is 0 Å². The molecule has 2 N–H and O–H groups in total. The molecule has 0 fully saturated rings. The molecule has 0 saturated heterocycles. The molecule has 2 rings (SSSR count). The van der Waals surface area contributed by atoms with Crippen LogP contribution in [0.2, 0.25) is 0 Å².